The van der Waals surface area contributed by atoms with Gasteiger partial charge in [0.25, 0.3) is 5.56 Å². The molecule has 6 rings (SSSR count). The maximum Gasteiger partial charge on any atom is 0.255 e. The summed E-state index contributed by atoms with van der Waals surface area (Å²) in [7, 11) is 1.61. The molecule has 2 saturated carbocycles. The van der Waals surface area contributed by atoms with Gasteiger partial charge in [0.05, 0.1) is 7.11 Å². The van der Waals surface area contributed by atoms with Crippen LogP contribution in [0, 0.1) is 57.8 Å². The normalized spacial score (nSPS) is 14.9. The van der Waals surface area contributed by atoms with Gasteiger partial charge in [-0.05, 0) is 124 Å². The Morgan fingerprint density at radius 2 is 1.62 bits per heavy atom. The third kappa shape index (κ3) is 21.3. The number of H-pyrrole nitrogens is 1. The summed E-state index contributed by atoms with van der Waals surface area (Å²) in [5.74, 6) is 1.78. The molecule has 1 unspecified atom stereocenters. The van der Waals surface area contributed by atoms with Crippen LogP contribution < -0.4 is 25.7 Å². The van der Waals surface area contributed by atoms with E-state index in [2.05, 4.69) is 124 Å². The third-order valence-electron chi connectivity index (χ3n) is 8.21. The van der Waals surface area contributed by atoms with Crippen LogP contribution >= 0.6 is 11.9 Å². The Hall–Kier alpha value is -5.64. The molecule has 11 nitrogen and oxygen atoms in total. The molecule has 0 radical (unpaired) electrons. The first-order chi connectivity index (χ1) is 26.8. The summed E-state index contributed by atoms with van der Waals surface area (Å²) >= 11 is 1.52. The summed E-state index contributed by atoms with van der Waals surface area (Å²) in [6, 6.07) is 12.0. The molecule has 0 spiro atoms. The Bertz CT molecular complexity index is 1670. The largest absolute Gasteiger partial charge is 0.497 e. The molecular formula is C44H62N6O5S. The molecule has 1 aromatic carbocycles. The highest BCUT2D eigenvalue weighted by Gasteiger charge is 2.33. The molecule has 4 N–H and O–H groups in total. The Balaban J connectivity index is 0. The Morgan fingerprint density at radius 3 is 2.12 bits per heavy atom. The van der Waals surface area contributed by atoms with E-state index in [0.29, 0.717) is 17.5 Å². The van der Waals surface area contributed by atoms with Gasteiger partial charge in [-0.2, -0.15) is 0 Å². The van der Waals surface area contributed by atoms with Crippen LogP contribution in [0.1, 0.15) is 77.5 Å². The van der Waals surface area contributed by atoms with Crippen LogP contribution in [0.25, 0.3) is 10.8 Å². The van der Waals surface area contributed by atoms with Gasteiger partial charge < -0.3 is 30.0 Å². The van der Waals surface area contributed by atoms with Crippen LogP contribution in [0.15, 0.2) is 60.5 Å². The van der Waals surface area contributed by atoms with Gasteiger partial charge in [0.15, 0.2) is 0 Å². The summed E-state index contributed by atoms with van der Waals surface area (Å²) in [5.41, 5.74) is 2.50. The molecule has 1 aliphatic heterocycles. The zero-order valence-electron chi connectivity index (χ0n) is 34.2. The highest BCUT2D eigenvalue weighted by atomic mass is 32.2. The SMILES string of the molecule is C#C.C#C.C#C.C=C.COc1ccc2c(=O)[nH]ccc2c1.Cc1cc(C)nc(NC(C)C(C)(C)C)c1.O=CN1CCC[C@H]1C(=O)NC1CC1.O=CNSC1CC1. The van der Waals surface area contributed by atoms with Crippen molar-refractivity contribution >= 4 is 47.3 Å². The number of amides is 3. The molecule has 1 saturated heterocycles. The molecule has 0 bridgehead atoms. The lowest BCUT2D eigenvalue weighted by molar-refractivity contribution is -0.131. The van der Waals surface area contributed by atoms with E-state index in [9.17, 15) is 19.2 Å². The van der Waals surface area contributed by atoms with Crippen molar-refractivity contribution in [1.29, 1.82) is 0 Å². The van der Waals surface area contributed by atoms with Crippen molar-refractivity contribution in [1.82, 2.24) is 24.9 Å². The van der Waals surface area contributed by atoms with Gasteiger partial charge in [0, 0.05) is 41.2 Å². The van der Waals surface area contributed by atoms with Crippen LogP contribution in [0.4, 0.5) is 5.82 Å². The van der Waals surface area contributed by atoms with Crippen molar-refractivity contribution < 1.29 is 19.1 Å². The van der Waals surface area contributed by atoms with Gasteiger partial charge >= 0.3 is 0 Å². The summed E-state index contributed by atoms with van der Waals surface area (Å²) in [6.07, 6.45) is 33.6. The highest BCUT2D eigenvalue weighted by Crippen LogP contribution is 2.31. The number of carbonyl (C=O) groups is 3. The fourth-order valence-electron chi connectivity index (χ4n) is 4.68. The van der Waals surface area contributed by atoms with Gasteiger partial charge in [-0.15, -0.1) is 51.7 Å². The van der Waals surface area contributed by atoms with E-state index >= 15 is 0 Å². The number of rotatable bonds is 9. The molecule has 3 heterocycles. The van der Waals surface area contributed by atoms with Gasteiger partial charge in [0.2, 0.25) is 18.7 Å². The fraction of sp³-hybridized carbons (Fsp3) is 0.432. The van der Waals surface area contributed by atoms with E-state index in [1.807, 2.05) is 19.1 Å². The molecule has 3 aliphatic rings. The molecule has 56 heavy (non-hydrogen) atoms. The quantitative estimate of drug-likeness (QED) is 0.0781. The highest BCUT2D eigenvalue weighted by molar-refractivity contribution is 7.98. The zero-order valence-corrected chi connectivity index (χ0v) is 35.0. The topological polar surface area (TPSA) is 146 Å². The van der Waals surface area contributed by atoms with Crippen LogP contribution in [0.2, 0.25) is 0 Å². The summed E-state index contributed by atoms with van der Waals surface area (Å²) in [4.78, 5) is 51.7. The fourth-order valence-corrected chi connectivity index (χ4v) is 5.30. The minimum absolute atomic E-state index is 0.0344. The molecule has 3 fully saturated rings. The summed E-state index contributed by atoms with van der Waals surface area (Å²) in [6.45, 7) is 19.7. The van der Waals surface area contributed by atoms with E-state index in [-0.39, 0.29) is 22.9 Å². The maximum absolute atomic E-state index is 11.6. The van der Waals surface area contributed by atoms with Gasteiger partial charge in [-0.1, -0.05) is 20.8 Å². The van der Waals surface area contributed by atoms with Gasteiger partial charge in [0.1, 0.15) is 17.6 Å². The Labute approximate surface area is 339 Å². The van der Waals surface area contributed by atoms with Crippen molar-refractivity contribution in [3.8, 4) is 44.3 Å². The number of methoxy groups -OCH3 is 1. The number of nitrogens with one attached hydrogen (secondary N) is 4. The van der Waals surface area contributed by atoms with Crippen LogP contribution in [-0.4, -0.2) is 70.6 Å². The van der Waals surface area contributed by atoms with Crippen molar-refractivity contribution in [2.75, 3.05) is 19.0 Å². The number of carbonyl (C=O) groups excluding carboxylic acids is 3. The van der Waals surface area contributed by atoms with Gasteiger partial charge in [-0.3, -0.25) is 19.2 Å². The number of hydrogen-bond acceptors (Lipinski definition) is 8. The van der Waals surface area contributed by atoms with E-state index < -0.39 is 0 Å². The molecular weight excluding hydrogens is 725 g/mol. The second kappa shape index (κ2) is 29.7. The minimum Gasteiger partial charge on any atom is -0.497 e. The predicted molar refractivity (Wildman–Crippen MR) is 235 cm³/mol. The molecule has 12 heteroatoms. The molecule has 2 aliphatic carbocycles. The van der Waals surface area contributed by atoms with E-state index in [4.69, 9.17) is 4.74 Å². The first kappa shape index (κ1) is 52.5. The zero-order chi connectivity index (χ0) is 43.3. The van der Waals surface area contributed by atoms with Crippen molar-refractivity contribution in [2.45, 2.75) is 103 Å². The number of fused-ring (bicyclic) bond motifs is 1. The smallest absolute Gasteiger partial charge is 0.255 e. The lowest BCUT2D eigenvalue weighted by Crippen LogP contribution is -2.43. The minimum atomic E-state index is -0.196. The van der Waals surface area contributed by atoms with Gasteiger partial charge in [-0.25, -0.2) is 4.98 Å². The molecule has 3 aromatic rings. The Morgan fingerprint density at radius 1 is 1.00 bits per heavy atom. The number of likely N-dealkylation sites (tertiary alicyclic amines) is 1. The van der Waals surface area contributed by atoms with E-state index in [1.54, 1.807) is 30.3 Å². The number of benzene rings is 1. The maximum atomic E-state index is 11.6. The number of aromatic nitrogens is 2. The number of ether oxygens (including phenoxy) is 1. The van der Waals surface area contributed by atoms with Crippen LogP contribution in [0.5, 0.6) is 5.75 Å². The number of aromatic amines is 1. The number of nitrogens with zero attached hydrogens (tertiary/aromatic N) is 2. The van der Waals surface area contributed by atoms with Crippen LogP contribution in [-0.2, 0) is 14.4 Å². The van der Waals surface area contributed by atoms with Crippen LogP contribution in [0.3, 0.4) is 0 Å². The average Bonchev–Trinajstić information content (AvgIpc) is 4.15. The lowest BCUT2D eigenvalue weighted by atomic mass is 9.88. The second-order valence-corrected chi connectivity index (χ2v) is 14.6. The lowest BCUT2D eigenvalue weighted by Gasteiger charge is -2.28. The van der Waals surface area contributed by atoms with E-state index in [1.165, 1.54) is 30.4 Å². The number of aryl methyl sites for hydroxylation is 2. The monoisotopic (exact) mass is 786 g/mol. The number of anilines is 1. The molecule has 2 aromatic heterocycles. The summed E-state index contributed by atoms with van der Waals surface area (Å²) < 4.78 is 7.60. The second-order valence-electron chi connectivity index (χ2n) is 13.5. The number of hydrogen-bond donors (Lipinski definition) is 4. The molecule has 2 atom stereocenters. The van der Waals surface area contributed by atoms with Crippen molar-refractivity contribution in [2.24, 2.45) is 5.41 Å². The first-order valence-corrected chi connectivity index (χ1v) is 19.0. The summed E-state index contributed by atoms with van der Waals surface area (Å²) in [5, 5.41) is 8.68. The third-order valence-corrected chi connectivity index (χ3v) is 9.24. The number of terminal acetylenes is 3. The average molecular weight is 787 g/mol. The molecule has 3 amide bonds. The van der Waals surface area contributed by atoms with E-state index in [0.717, 1.165) is 72.9 Å². The number of pyridine rings is 2. The standard InChI is InChI=1S/C13H22N2.C10H9NO2.C9H14N2O2.C4H7NOS.C2H4.3C2H2/c1-9-7-10(2)14-12(8-9)15-11(3)13(4,5)6;1-13-8-2-3-9-7(6-8)4-5-11-10(9)12;12-6-11-5-1-2-8(11)9(13)10-7-3-4-7;6-3-5-7-4-1-2-4;4*1-2/h7-8,11H,1-6H3,(H,14,15);2-6H,1H3,(H,11,12);6-8H,1-5H2,(H,10,13);3-4H,1-2H2,(H,5,6);1-2H2;3*1-2H/t;;8-;;;;;/m..0...../s1. The first-order valence-electron chi connectivity index (χ1n) is 18.1. The molecule has 304 valence electrons. The predicted octanol–water partition coefficient (Wildman–Crippen LogP) is 7.06. The van der Waals surface area contributed by atoms with Crippen molar-refractivity contribution in [3.63, 3.8) is 0 Å². The van der Waals surface area contributed by atoms with Crippen molar-refractivity contribution in [3.05, 3.63) is 77.4 Å². The Kier molecular flexibility index (Phi) is 27.8.